The Labute approximate surface area is 263 Å². The number of rotatable bonds is 12. The molecule has 2 aromatic rings. The molecule has 0 aromatic heterocycles. The van der Waals surface area contributed by atoms with E-state index in [9.17, 15) is 24.3 Å². The third-order valence-electron chi connectivity index (χ3n) is 6.89. The van der Waals surface area contributed by atoms with Gasteiger partial charge in [0.25, 0.3) is 5.91 Å². The molecule has 1 unspecified atom stereocenters. The Morgan fingerprint density at radius 3 is 2.21 bits per heavy atom. The Hall–Kier alpha value is -3.61. The highest BCUT2D eigenvalue weighted by Gasteiger charge is 2.30. The van der Waals surface area contributed by atoms with E-state index in [0.717, 1.165) is 4.90 Å². The first-order valence-corrected chi connectivity index (χ1v) is 15.1. The number of methoxy groups -OCH3 is 3. The number of piperidine rings is 1. The standard InChI is InChI=1S/C29H33Cl2N3O8S/c1-40-20-13-18(14-21(41-2)26(20)42-3)27(36)32-15-19(29(38)39)33-28(37)17-9-11-34(12-10-17)23(35)8-6-16-5-7-22(43-4)25(31)24(16)30/h5-8,13-14,17,19H,9-12,15H2,1-4H3,(H,32,36)(H,33,37)(H,38,39). The van der Waals surface area contributed by atoms with Gasteiger partial charge in [0.2, 0.25) is 17.6 Å². The van der Waals surface area contributed by atoms with Gasteiger partial charge in [0.1, 0.15) is 6.04 Å². The van der Waals surface area contributed by atoms with Crippen LogP contribution in [0, 0.1) is 5.92 Å². The van der Waals surface area contributed by atoms with Crippen molar-refractivity contribution < 1.29 is 38.5 Å². The minimum absolute atomic E-state index is 0.151. The third kappa shape index (κ3) is 8.49. The molecule has 1 heterocycles. The molecular formula is C29H33Cl2N3O8S. The number of carbonyl (C=O) groups is 4. The van der Waals surface area contributed by atoms with Gasteiger partial charge in [0, 0.05) is 42.1 Å². The molecule has 11 nitrogen and oxygen atoms in total. The molecule has 3 amide bonds. The van der Waals surface area contributed by atoms with Crippen LogP contribution in [-0.2, 0) is 14.4 Å². The van der Waals surface area contributed by atoms with Crippen LogP contribution in [0.15, 0.2) is 35.2 Å². The lowest BCUT2D eigenvalue weighted by atomic mass is 9.95. The molecule has 2 aromatic carbocycles. The van der Waals surface area contributed by atoms with Crippen molar-refractivity contribution in [1.82, 2.24) is 15.5 Å². The van der Waals surface area contributed by atoms with Crippen molar-refractivity contribution in [2.75, 3.05) is 47.2 Å². The smallest absolute Gasteiger partial charge is 0.328 e. The van der Waals surface area contributed by atoms with Crippen LogP contribution in [0.1, 0.15) is 28.8 Å². The van der Waals surface area contributed by atoms with Gasteiger partial charge in [0.15, 0.2) is 11.5 Å². The summed E-state index contributed by atoms with van der Waals surface area (Å²) >= 11 is 14.1. The first-order chi connectivity index (χ1) is 20.5. The second-order valence-electron chi connectivity index (χ2n) is 9.44. The molecule has 14 heteroatoms. The van der Waals surface area contributed by atoms with E-state index in [1.54, 1.807) is 17.0 Å². The van der Waals surface area contributed by atoms with Gasteiger partial charge in [0.05, 0.1) is 31.4 Å². The topological polar surface area (TPSA) is 144 Å². The minimum atomic E-state index is -1.37. The molecule has 0 saturated carbocycles. The number of halogens is 2. The number of aliphatic carboxylic acids is 1. The number of thioether (sulfide) groups is 1. The van der Waals surface area contributed by atoms with Crippen molar-refractivity contribution in [3.8, 4) is 17.2 Å². The highest BCUT2D eigenvalue weighted by Crippen LogP contribution is 2.38. The number of nitrogens with zero attached hydrogens (tertiary/aromatic N) is 1. The molecule has 3 rings (SSSR count). The van der Waals surface area contributed by atoms with Crippen molar-refractivity contribution in [3.05, 3.63) is 51.5 Å². The molecule has 1 aliphatic heterocycles. The van der Waals surface area contributed by atoms with Crippen molar-refractivity contribution in [3.63, 3.8) is 0 Å². The first-order valence-electron chi connectivity index (χ1n) is 13.1. The van der Waals surface area contributed by atoms with Crippen LogP contribution in [0.2, 0.25) is 10.0 Å². The number of hydrogen-bond acceptors (Lipinski definition) is 8. The molecule has 3 N–H and O–H groups in total. The highest BCUT2D eigenvalue weighted by atomic mass is 35.5. The van der Waals surface area contributed by atoms with Crippen LogP contribution in [0.4, 0.5) is 0 Å². The second kappa shape index (κ2) is 15.7. The minimum Gasteiger partial charge on any atom is -0.493 e. The molecular weight excluding hydrogens is 621 g/mol. The van der Waals surface area contributed by atoms with Crippen molar-refractivity contribution in [2.45, 2.75) is 23.8 Å². The largest absolute Gasteiger partial charge is 0.493 e. The summed E-state index contributed by atoms with van der Waals surface area (Å²) in [4.78, 5) is 52.7. The predicted octanol–water partition coefficient (Wildman–Crippen LogP) is 3.99. The monoisotopic (exact) mass is 653 g/mol. The molecule has 0 radical (unpaired) electrons. The number of carbonyl (C=O) groups excluding carboxylic acids is 3. The number of carboxylic acid groups (broad SMARTS) is 1. The molecule has 1 fully saturated rings. The van der Waals surface area contributed by atoms with Crippen molar-refractivity contribution >= 4 is 64.7 Å². The van der Waals surface area contributed by atoms with E-state index in [-0.39, 0.29) is 29.5 Å². The van der Waals surface area contributed by atoms with Gasteiger partial charge < -0.3 is 34.9 Å². The Balaban J connectivity index is 1.54. The lowest BCUT2D eigenvalue weighted by Crippen LogP contribution is -2.51. The number of ether oxygens (including phenoxy) is 3. The summed E-state index contributed by atoms with van der Waals surface area (Å²) in [5, 5.41) is 15.5. The Bertz CT molecular complexity index is 1370. The fraction of sp³-hybridized carbons (Fsp3) is 0.379. The lowest BCUT2D eigenvalue weighted by Gasteiger charge is -2.31. The quantitative estimate of drug-likeness (QED) is 0.229. The van der Waals surface area contributed by atoms with Crippen LogP contribution in [0.5, 0.6) is 17.2 Å². The summed E-state index contributed by atoms with van der Waals surface area (Å²) < 4.78 is 15.7. The van der Waals surface area contributed by atoms with Crippen molar-refractivity contribution in [1.29, 1.82) is 0 Å². The average Bonchev–Trinajstić information content (AvgIpc) is 3.02. The zero-order chi connectivity index (χ0) is 31.7. The van der Waals surface area contributed by atoms with E-state index in [0.29, 0.717) is 47.3 Å². The van der Waals surface area contributed by atoms with E-state index in [4.69, 9.17) is 37.4 Å². The van der Waals surface area contributed by atoms with Gasteiger partial charge in [-0.1, -0.05) is 29.3 Å². The number of likely N-dealkylation sites (tertiary alicyclic amines) is 1. The van der Waals surface area contributed by atoms with E-state index >= 15 is 0 Å². The summed E-state index contributed by atoms with van der Waals surface area (Å²) in [5.74, 6) is -2.28. The third-order valence-corrected chi connectivity index (χ3v) is 8.68. The van der Waals surface area contributed by atoms with E-state index in [1.807, 2.05) is 12.3 Å². The van der Waals surface area contributed by atoms with Crippen LogP contribution in [0.3, 0.4) is 0 Å². The van der Waals surface area contributed by atoms with E-state index in [2.05, 4.69) is 10.6 Å². The number of nitrogens with one attached hydrogen (secondary N) is 2. The summed E-state index contributed by atoms with van der Waals surface area (Å²) in [6.45, 7) is 0.275. The van der Waals surface area contributed by atoms with Gasteiger partial charge in [-0.25, -0.2) is 4.79 Å². The second-order valence-corrected chi connectivity index (χ2v) is 11.0. The summed E-state index contributed by atoms with van der Waals surface area (Å²) in [7, 11) is 4.24. The molecule has 0 bridgehead atoms. The van der Waals surface area contributed by atoms with Crippen LogP contribution in [-0.4, -0.2) is 87.0 Å². The van der Waals surface area contributed by atoms with Gasteiger partial charge in [-0.05, 0) is 48.9 Å². The van der Waals surface area contributed by atoms with Gasteiger partial charge in [-0.15, -0.1) is 11.8 Å². The van der Waals surface area contributed by atoms with Crippen LogP contribution in [0.25, 0.3) is 6.08 Å². The molecule has 0 spiro atoms. The summed E-state index contributed by atoms with van der Waals surface area (Å²) in [6.07, 6.45) is 5.60. The maximum absolute atomic E-state index is 12.9. The van der Waals surface area contributed by atoms with Crippen LogP contribution < -0.4 is 24.8 Å². The number of benzene rings is 2. The predicted molar refractivity (Wildman–Crippen MR) is 165 cm³/mol. The first kappa shape index (κ1) is 33.9. The Kier molecular flexibility index (Phi) is 12.4. The fourth-order valence-electron chi connectivity index (χ4n) is 4.46. The normalized spacial score (nSPS) is 14.2. The van der Waals surface area contributed by atoms with Crippen molar-refractivity contribution in [2.24, 2.45) is 5.92 Å². The van der Waals surface area contributed by atoms with E-state index in [1.165, 1.54) is 51.3 Å². The molecule has 1 aliphatic rings. The number of carboxylic acids is 1. The Morgan fingerprint density at radius 2 is 1.67 bits per heavy atom. The van der Waals surface area contributed by atoms with Gasteiger partial charge >= 0.3 is 5.97 Å². The molecule has 43 heavy (non-hydrogen) atoms. The van der Waals surface area contributed by atoms with Crippen LogP contribution >= 0.6 is 35.0 Å². The number of hydrogen-bond donors (Lipinski definition) is 3. The fourth-order valence-corrected chi connectivity index (χ4v) is 5.63. The average molecular weight is 655 g/mol. The molecule has 1 saturated heterocycles. The van der Waals surface area contributed by atoms with Gasteiger partial charge in [-0.3, -0.25) is 14.4 Å². The van der Waals surface area contributed by atoms with Gasteiger partial charge in [-0.2, -0.15) is 0 Å². The molecule has 0 aliphatic carbocycles. The summed E-state index contributed by atoms with van der Waals surface area (Å²) in [6, 6.07) is 5.11. The SMILES string of the molecule is COc1cc(C(=O)NCC(NC(=O)C2CCN(C(=O)C=Cc3ccc(SC)c(Cl)c3Cl)CC2)C(=O)O)cc(OC)c1OC. The highest BCUT2D eigenvalue weighted by molar-refractivity contribution is 7.98. The molecule has 1 atom stereocenters. The maximum atomic E-state index is 12.9. The Morgan fingerprint density at radius 1 is 1.05 bits per heavy atom. The lowest BCUT2D eigenvalue weighted by molar-refractivity contribution is -0.142. The summed E-state index contributed by atoms with van der Waals surface area (Å²) in [5.41, 5.74) is 0.766. The zero-order valence-electron chi connectivity index (χ0n) is 24.1. The molecule has 232 valence electrons. The van der Waals surface area contributed by atoms with E-state index < -0.39 is 29.7 Å². The zero-order valence-corrected chi connectivity index (χ0v) is 26.4. The maximum Gasteiger partial charge on any atom is 0.328 e. The number of amides is 3.